The highest BCUT2D eigenvalue weighted by Gasteiger charge is 2.10. The summed E-state index contributed by atoms with van der Waals surface area (Å²) in [6.45, 7) is 9.43. The lowest BCUT2D eigenvalue weighted by Gasteiger charge is -2.21. The van der Waals surface area contributed by atoms with E-state index in [1.54, 1.807) is 10.6 Å². The summed E-state index contributed by atoms with van der Waals surface area (Å²) >= 11 is 0. The van der Waals surface area contributed by atoms with Crippen molar-refractivity contribution < 1.29 is 0 Å². The van der Waals surface area contributed by atoms with Crippen molar-refractivity contribution in [3.63, 3.8) is 0 Å². The highest BCUT2D eigenvalue weighted by molar-refractivity contribution is 5.41. The molecule has 0 aliphatic heterocycles. The number of hydrogen-bond acceptors (Lipinski definition) is 2. The molecule has 0 bridgehead atoms. The number of nitrogens with one attached hydrogen (secondary N) is 1. The molecule has 0 aliphatic carbocycles. The Morgan fingerprint density at radius 2 is 1.94 bits per heavy atom. The van der Waals surface area contributed by atoms with E-state index in [-0.39, 0.29) is 5.56 Å². The highest BCUT2D eigenvalue weighted by atomic mass is 16.1. The molecule has 18 heavy (non-hydrogen) atoms. The normalized spacial score (nSPS) is 14.2. The Hall–Kier alpha value is -1.25. The van der Waals surface area contributed by atoms with Gasteiger partial charge in [0.2, 0.25) is 0 Å². The van der Waals surface area contributed by atoms with Gasteiger partial charge in [0, 0.05) is 24.8 Å². The fraction of sp³-hybridized carbons (Fsp3) is 0.667. The molecule has 0 spiro atoms. The van der Waals surface area contributed by atoms with Crippen LogP contribution in [0.3, 0.4) is 0 Å². The van der Waals surface area contributed by atoms with Crippen molar-refractivity contribution in [3.05, 3.63) is 28.7 Å². The van der Waals surface area contributed by atoms with E-state index < -0.39 is 0 Å². The van der Waals surface area contributed by atoms with Gasteiger partial charge in [0.15, 0.2) is 0 Å². The van der Waals surface area contributed by atoms with Gasteiger partial charge in [-0.25, -0.2) is 0 Å². The van der Waals surface area contributed by atoms with Crippen LogP contribution in [-0.2, 0) is 6.54 Å². The van der Waals surface area contributed by atoms with E-state index in [1.807, 2.05) is 19.2 Å². The van der Waals surface area contributed by atoms with Gasteiger partial charge in [-0.1, -0.05) is 27.2 Å². The Labute approximate surface area is 110 Å². The standard InChI is InChI=1S/C15H26N2O/c1-5-12(4)10-13(6-2)16-14-8-9-15(18)17(7-3)11-14/h8-9,11-13,16H,5-7,10H2,1-4H3. The van der Waals surface area contributed by atoms with Crippen LogP contribution in [0.15, 0.2) is 23.1 Å². The molecule has 2 unspecified atom stereocenters. The molecule has 0 amide bonds. The summed E-state index contributed by atoms with van der Waals surface area (Å²) in [5, 5.41) is 3.54. The van der Waals surface area contributed by atoms with Gasteiger partial charge in [-0.15, -0.1) is 0 Å². The maximum absolute atomic E-state index is 11.5. The third kappa shape index (κ3) is 4.21. The Balaban J connectivity index is 2.72. The minimum absolute atomic E-state index is 0.0676. The van der Waals surface area contributed by atoms with Gasteiger partial charge in [-0.3, -0.25) is 4.79 Å². The molecule has 0 fully saturated rings. The number of hydrogen-bond donors (Lipinski definition) is 1. The van der Waals surface area contributed by atoms with Crippen LogP contribution in [0.4, 0.5) is 5.69 Å². The van der Waals surface area contributed by atoms with Crippen molar-refractivity contribution in [2.45, 2.75) is 59.5 Å². The van der Waals surface area contributed by atoms with Gasteiger partial charge in [-0.05, 0) is 31.7 Å². The number of pyridine rings is 1. The van der Waals surface area contributed by atoms with E-state index in [1.165, 1.54) is 12.8 Å². The van der Waals surface area contributed by atoms with Crippen LogP contribution in [0.2, 0.25) is 0 Å². The summed E-state index contributed by atoms with van der Waals surface area (Å²) in [6, 6.07) is 4.01. The van der Waals surface area contributed by atoms with Gasteiger partial charge in [0.25, 0.3) is 5.56 Å². The first-order valence-electron chi connectivity index (χ1n) is 7.07. The van der Waals surface area contributed by atoms with E-state index in [4.69, 9.17) is 0 Å². The zero-order valence-corrected chi connectivity index (χ0v) is 12.1. The fourth-order valence-corrected chi connectivity index (χ4v) is 2.08. The molecular weight excluding hydrogens is 224 g/mol. The largest absolute Gasteiger partial charge is 0.381 e. The number of aryl methyl sites for hydroxylation is 1. The third-order valence-electron chi connectivity index (χ3n) is 3.57. The molecule has 3 heteroatoms. The second-order valence-corrected chi connectivity index (χ2v) is 5.04. The summed E-state index contributed by atoms with van der Waals surface area (Å²) in [4.78, 5) is 11.5. The quantitative estimate of drug-likeness (QED) is 0.803. The molecule has 0 radical (unpaired) electrons. The molecule has 1 heterocycles. The Morgan fingerprint density at radius 1 is 1.22 bits per heavy atom. The molecule has 1 N–H and O–H groups in total. The van der Waals surface area contributed by atoms with Gasteiger partial charge in [0.1, 0.15) is 0 Å². The molecule has 3 nitrogen and oxygen atoms in total. The van der Waals surface area contributed by atoms with Crippen LogP contribution in [0.5, 0.6) is 0 Å². The predicted octanol–water partition coefficient (Wildman–Crippen LogP) is 3.49. The molecule has 102 valence electrons. The zero-order chi connectivity index (χ0) is 13.5. The van der Waals surface area contributed by atoms with Crippen LogP contribution in [-0.4, -0.2) is 10.6 Å². The van der Waals surface area contributed by atoms with Crippen molar-refractivity contribution in [1.29, 1.82) is 0 Å². The second-order valence-electron chi connectivity index (χ2n) is 5.04. The molecule has 2 atom stereocenters. The van der Waals surface area contributed by atoms with Gasteiger partial charge >= 0.3 is 0 Å². The number of anilines is 1. The van der Waals surface area contributed by atoms with E-state index in [2.05, 4.69) is 26.1 Å². The molecule has 1 aromatic rings. The average Bonchev–Trinajstić information content (AvgIpc) is 2.39. The monoisotopic (exact) mass is 250 g/mol. The number of nitrogens with zero attached hydrogens (tertiary/aromatic N) is 1. The zero-order valence-electron chi connectivity index (χ0n) is 12.1. The third-order valence-corrected chi connectivity index (χ3v) is 3.57. The maximum Gasteiger partial charge on any atom is 0.250 e. The van der Waals surface area contributed by atoms with Crippen molar-refractivity contribution in [2.24, 2.45) is 5.92 Å². The molecule has 0 saturated heterocycles. The van der Waals surface area contributed by atoms with Crippen LogP contribution < -0.4 is 10.9 Å². The first-order chi connectivity index (χ1) is 8.60. The van der Waals surface area contributed by atoms with Crippen LogP contribution >= 0.6 is 0 Å². The minimum Gasteiger partial charge on any atom is -0.381 e. The average molecular weight is 250 g/mol. The lowest BCUT2D eigenvalue weighted by molar-refractivity contribution is 0.461. The molecule has 0 aromatic carbocycles. The predicted molar refractivity (Wildman–Crippen MR) is 78.1 cm³/mol. The molecular formula is C15H26N2O. The second kappa shape index (κ2) is 7.24. The number of rotatable bonds is 7. The van der Waals surface area contributed by atoms with Gasteiger partial charge in [-0.2, -0.15) is 0 Å². The minimum atomic E-state index is 0.0676. The first-order valence-corrected chi connectivity index (χ1v) is 7.07. The summed E-state index contributed by atoms with van der Waals surface area (Å²) in [5.74, 6) is 0.736. The summed E-state index contributed by atoms with van der Waals surface area (Å²) in [7, 11) is 0. The van der Waals surface area contributed by atoms with E-state index in [9.17, 15) is 4.79 Å². The van der Waals surface area contributed by atoms with E-state index in [0.717, 1.165) is 24.6 Å². The van der Waals surface area contributed by atoms with E-state index >= 15 is 0 Å². The SMILES string of the molecule is CCC(C)CC(CC)Nc1ccc(=O)n(CC)c1. The summed E-state index contributed by atoms with van der Waals surface area (Å²) < 4.78 is 1.73. The van der Waals surface area contributed by atoms with Crippen molar-refractivity contribution in [3.8, 4) is 0 Å². The maximum atomic E-state index is 11.5. The van der Waals surface area contributed by atoms with Crippen molar-refractivity contribution in [2.75, 3.05) is 5.32 Å². The molecule has 0 saturated carbocycles. The Morgan fingerprint density at radius 3 is 2.50 bits per heavy atom. The summed E-state index contributed by atoms with van der Waals surface area (Å²) in [5.41, 5.74) is 1.12. The number of aromatic nitrogens is 1. The highest BCUT2D eigenvalue weighted by Crippen LogP contribution is 2.16. The molecule has 1 rings (SSSR count). The Bertz CT molecular complexity index is 411. The van der Waals surface area contributed by atoms with Crippen molar-refractivity contribution >= 4 is 5.69 Å². The first kappa shape index (κ1) is 14.8. The Kier molecular flexibility index (Phi) is 5.96. The van der Waals surface area contributed by atoms with Crippen LogP contribution in [0.1, 0.15) is 47.0 Å². The molecule has 0 aliphatic rings. The fourth-order valence-electron chi connectivity index (χ4n) is 2.08. The summed E-state index contributed by atoms with van der Waals surface area (Å²) in [6.07, 6.45) is 5.42. The molecule has 1 aromatic heterocycles. The topological polar surface area (TPSA) is 34.0 Å². The van der Waals surface area contributed by atoms with Gasteiger partial charge in [0.05, 0.1) is 5.69 Å². The van der Waals surface area contributed by atoms with Gasteiger partial charge < -0.3 is 9.88 Å². The van der Waals surface area contributed by atoms with E-state index in [0.29, 0.717) is 6.04 Å². The van der Waals surface area contributed by atoms with Crippen molar-refractivity contribution in [1.82, 2.24) is 4.57 Å². The lowest BCUT2D eigenvalue weighted by atomic mass is 9.97. The lowest BCUT2D eigenvalue weighted by Crippen LogP contribution is -2.23. The van der Waals surface area contributed by atoms with Crippen LogP contribution in [0.25, 0.3) is 0 Å². The van der Waals surface area contributed by atoms with Crippen LogP contribution in [0, 0.1) is 5.92 Å². The smallest absolute Gasteiger partial charge is 0.250 e.